The van der Waals surface area contributed by atoms with Crippen molar-refractivity contribution in [1.82, 2.24) is 14.5 Å². The van der Waals surface area contributed by atoms with Crippen molar-refractivity contribution < 1.29 is 0 Å². The van der Waals surface area contributed by atoms with E-state index in [1.165, 1.54) is 5.56 Å². The standard InChI is InChI=1S/C17H18ClN3/c1-3-15(13-7-5-4-6-8-13)21-16(10-18)20-14-9-12(2)11-19-17(14)21/h4-9,11,15H,3,10H2,1-2H3. The maximum Gasteiger partial charge on any atom is 0.160 e. The van der Waals surface area contributed by atoms with Gasteiger partial charge in [-0.1, -0.05) is 37.3 Å². The molecule has 0 fully saturated rings. The van der Waals surface area contributed by atoms with Crippen LogP contribution in [0.4, 0.5) is 0 Å². The van der Waals surface area contributed by atoms with Crippen molar-refractivity contribution in [3.05, 3.63) is 59.5 Å². The lowest BCUT2D eigenvalue weighted by Crippen LogP contribution is -2.13. The molecule has 0 saturated heterocycles. The molecule has 0 N–H and O–H groups in total. The number of rotatable bonds is 4. The fourth-order valence-corrected chi connectivity index (χ4v) is 2.98. The van der Waals surface area contributed by atoms with E-state index in [2.05, 4.69) is 51.8 Å². The van der Waals surface area contributed by atoms with Gasteiger partial charge >= 0.3 is 0 Å². The van der Waals surface area contributed by atoms with E-state index in [-0.39, 0.29) is 6.04 Å². The molecule has 3 rings (SSSR count). The van der Waals surface area contributed by atoms with Gasteiger partial charge in [0.2, 0.25) is 0 Å². The van der Waals surface area contributed by atoms with E-state index in [1.54, 1.807) is 0 Å². The molecule has 108 valence electrons. The summed E-state index contributed by atoms with van der Waals surface area (Å²) >= 11 is 6.12. The molecule has 3 aromatic rings. The lowest BCUT2D eigenvalue weighted by molar-refractivity contribution is 0.561. The summed E-state index contributed by atoms with van der Waals surface area (Å²) < 4.78 is 2.18. The zero-order chi connectivity index (χ0) is 14.8. The molecule has 1 unspecified atom stereocenters. The van der Waals surface area contributed by atoms with Crippen LogP contribution in [-0.4, -0.2) is 14.5 Å². The minimum absolute atomic E-state index is 0.208. The zero-order valence-electron chi connectivity index (χ0n) is 12.3. The molecule has 1 atom stereocenters. The Hall–Kier alpha value is -1.87. The van der Waals surface area contributed by atoms with Gasteiger partial charge in [-0.2, -0.15) is 0 Å². The summed E-state index contributed by atoms with van der Waals surface area (Å²) in [7, 11) is 0. The van der Waals surface area contributed by atoms with E-state index in [0.29, 0.717) is 5.88 Å². The highest BCUT2D eigenvalue weighted by Gasteiger charge is 2.19. The van der Waals surface area contributed by atoms with Crippen LogP contribution in [-0.2, 0) is 5.88 Å². The average Bonchev–Trinajstić information content (AvgIpc) is 2.87. The maximum atomic E-state index is 6.12. The number of hydrogen-bond donors (Lipinski definition) is 0. The summed E-state index contributed by atoms with van der Waals surface area (Å²) in [5, 5.41) is 0. The lowest BCUT2D eigenvalue weighted by atomic mass is 10.0. The van der Waals surface area contributed by atoms with Crippen molar-refractivity contribution in [3.8, 4) is 0 Å². The second kappa shape index (κ2) is 5.86. The van der Waals surface area contributed by atoms with Gasteiger partial charge in [0.1, 0.15) is 11.3 Å². The summed E-state index contributed by atoms with van der Waals surface area (Å²) in [6.45, 7) is 4.20. The molecule has 0 spiro atoms. The molecule has 3 nitrogen and oxygen atoms in total. The fraction of sp³-hybridized carbons (Fsp3) is 0.294. The average molecular weight is 300 g/mol. The number of benzene rings is 1. The van der Waals surface area contributed by atoms with Gasteiger partial charge < -0.3 is 4.57 Å². The molecule has 21 heavy (non-hydrogen) atoms. The molecular weight excluding hydrogens is 282 g/mol. The fourth-order valence-electron chi connectivity index (χ4n) is 2.79. The van der Waals surface area contributed by atoms with Crippen LogP contribution >= 0.6 is 11.6 Å². The molecule has 0 amide bonds. The third-order valence-electron chi connectivity index (χ3n) is 3.74. The predicted octanol–water partition coefficient (Wildman–Crippen LogP) is 4.48. The largest absolute Gasteiger partial charge is 0.304 e. The maximum absolute atomic E-state index is 6.12. The molecule has 0 saturated carbocycles. The summed E-state index contributed by atoms with van der Waals surface area (Å²) in [6, 6.07) is 12.7. The number of hydrogen-bond acceptors (Lipinski definition) is 2. The van der Waals surface area contributed by atoms with Gasteiger partial charge in [-0.15, -0.1) is 11.6 Å². The van der Waals surface area contributed by atoms with Crippen LogP contribution in [0.5, 0.6) is 0 Å². The van der Waals surface area contributed by atoms with Crippen LogP contribution in [0.3, 0.4) is 0 Å². The molecule has 2 heterocycles. The normalized spacial score (nSPS) is 12.7. The van der Waals surface area contributed by atoms with E-state index in [4.69, 9.17) is 11.6 Å². The number of imidazole rings is 1. The van der Waals surface area contributed by atoms with Crippen LogP contribution < -0.4 is 0 Å². The monoisotopic (exact) mass is 299 g/mol. The second-order valence-electron chi connectivity index (χ2n) is 5.22. The van der Waals surface area contributed by atoms with Gasteiger partial charge in [-0.3, -0.25) is 0 Å². The first-order valence-electron chi connectivity index (χ1n) is 7.19. The predicted molar refractivity (Wildman–Crippen MR) is 86.7 cm³/mol. The van der Waals surface area contributed by atoms with Crippen molar-refractivity contribution in [2.75, 3.05) is 0 Å². The van der Waals surface area contributed by atoms with Gasteiger partial charge in [0.05, 0.1) is 11.9 Å². The van der Waals surface area contributed by atoms with Crippen molar-refractivity contribution in [2.45, 2.75) is 32.2 Å². The van der Waals surface area contributed by atoms with Crippen molar-refractivity contribution >= 4 is 22.8 Å². The SMILES string of the molecule is CCC(c1ccccc1)n1c(CCl)nc2cc(C)cnc21. The summed E-state index contributed by atoms with van der Waals surface area (Å²) in [6.07, 6.45) is 2.85. The number of aryl methyl sites for hydroxylation is 1. The Kier molecular flexibility index (Phi) is 3.93. The number of nitrogens with zero attached hydrogens (tertiary/aromatic N) is 3. The molecule has 0 bridgehead atoms. The highest BCUT2D eigenvalue weighted by Crippen LogP contribution is 2.28. The smallest absolute Gasteiger partial charge is 0.160 e. The van der Waals surface area contributed by atoms with Gasteiger partial charge in [-0.25, -0.2) is 9.97 Å². The molecule has 0 aliphatic carbocycles. The Morgan fingerprint density at radius 1 is 1.24 bits per heavy atom. The Bertz CT molecular complexity index is 749. The van der Waals surface area contributed by atoms with E-state index in [0.717, 1.165) is 29.0 Å². The number of aromatic nitrogens is 3. The van der Waals surface area contributed by atoms with Crippen LogP contribution in [0.15, 0.2) is 42.6 Å². The first-order valence-corrected chi connectivity index (χ1v) is 7.72. The quantitative estimate of drug-likeness (QED) is 0.665. The van der Waals surface area contributed by atoms with Crippen LogP contribution in [0, 0.1) is 6.92 Å². The zero-order valence-corrected chi connectivity index (χ0v) is 13.0. The van der Waals surface area contributed by atoms with Gasteiger partial charge in [0, 0.05) is 6.20 Å². The summed E-state index contributed by atoms with van der Waals surface area (Å²) in [5.74, 6) is 1.26. The third-order valence-corrected chi connectivity index (χ3v) is 3.98. The van der Waals surface area contributed by atoms with Crippen molar-refractivity contribution in [2.24, 2.45) is 0 Å². The number of halogens is 1. The molecular formula is C17H18ClN3. The minimum atomic E-state index is 0.208. The van der Waals surface area contributed by atoms with E-state index in [1.807, 2.05) is 19.2 Å². The minimum Gasteiger partial charge on any atom is -0.304 e. The first-order chi connectivity index (χ1) is 10.2. The van der Waals surface area contributed by atoms with Crippen molar-refractivity contribution in [1.29, 1.82) is 0 Å². The summed E-state index contributed by atoms with van der Waals surface area (Å²) in [4.78, 5) is 9.24. The molecule has 0 aliphatic heterocycles. The van der Waals surface area contributed by atoms with E-state index in [9.17, 15) is 0 Å². The van der Waals surface area contributed by atoms with Crippen molar-refractivity contribution in [3.63, 3.8) is 0 Å². The molecule has 4 heteroatoms. The number of fused-ring (bicyclic) bond motifs is 1. The van der Waals surface area contributed by atoms with Gasteiger partial charge in [-0.05, 0) is 30.5 Å². The van der Waals surface area contributed by atoms with Crippen LogP contribution in [0.25, 0.3) is 11.2 Å². The summed E-state index contributed by atoms with van der Waals surface area (Å²) in [5.41, 5.74) is 4.20. The first kappa shape index (κ1) is 14.1. The Labute approximate surface area is 129 Å². The highest BCUT2D eigenvalue weighted by atomic mass is 35.5. The number of alkyl halides is 1. The molecule has 2 aromatic heterocycles. The van der Waals surface area contributed by atoms with Gasteiger partial charge in [0.15, 0.2) is 5.65 Å². The third kappa shape index (κ3) is 2.54. The van der Waals surface area contributed by atoms with E-state index < -0.39 is 0 Å². The Morgan fingerprint density at radius 3 is 2.67 bits per heavy atom. The molecule has 1 aromatic carbocycles. The van der Waals surface area contributed by atoms with Gasteiger partial charge in [0.25, 0.3) is 0 Å². The number of pyridine rings is 1. The second-order valence-corrected chi connectivity index (χ2v) is 5.49. The van der Waals surface area contributed by atoms with Crippen LogP contribution in [0.1, 0.15) is 36.3 Å². The lowest BCUT2D eigenvalue weighted by Gasteiger charge is -2.20. The topological polar surface area (TPSA) is 30.7 Å². The van der Waals surface area contributed by atoms with Crippen LogP contribution in [0.2, 0.25) is 0 Å². The molecule has 0 aliphatic rings. The highest BCUT2D eigenvalue weighted by molar-refractivity contribution is 6.16. The van der Waals surface area contributed by atoms with E-state index >= 15 is 0 Å². The Balaban J connectivity index is 2.22. The Morgan fingerprint density at radius 2 is 2.00 bits per heavy atom. The molecule has 0 radical (unpaired) electrons.